The molecule has 258 valence electrons. The second-order valence-electron chi connectivity index (χ2n) is 10.1. The lowest BCUT2D eigenvalue weighted by Gasteiger charge is -2.27. The highest BCUT2D eigenvalue weighted by molar-refractivity contribution is 7.98. The van der Waals surface area contributed by atoms with E-state index in [9.17, 15) is 49.2 Å². The zero-order chi connectivity index (χ0) is 35.0. The first-order valence-electron chi connectivity index (χ1n) is 14.0. The van der Waals surface area contributed by atoms with Crippen molar-refractivity contribution in [3.8, 4) is 5.75 Å². The normalized spacial score (nSPS) is 15.5. The van der Waals surface area contributed by atoms with E-state index < -0.39 is 97.7 Å². The van der Waals surface area contributed by atoms with E-state index in [0.29, 0.717) is 11.3 Å². The van der Waals surface area contributed by atoms with Crippen molar-refractivity contribution in [1.82, 2.24) is 26.6 Å². The molecule has 0 aliphatic carbocycles. The van der Waals surface area contributed by atoms with Gasteiger partial charge in [-0.15, -0.1) is 0 Å². The number of hydrogen-bond acceptors (Lipinski definition) is 13. The Labute approximate surface area is 268 Å². The summed E-state index contributed by atoms with van der Waals surface area (Å²) in [5.41, 5.74) is 5.89. The van der Waals surface area contributed by atoms with Crippen LogP contribution < -0.4 is 32.3 Å². The Kier molecular flexibility index (Phi) is 17.6. The summed E-state index contributed by atoms with van der Waals surface area (Å²) in [4.78, 5) is 75.7. The van der Waals surface area contributed by atoms with Crippen LogP contribution in [0, 0.1) is 0 Å². The zero-order valence-corrected chi connectivity index (χ0v) is 26.0. The minimum absolute atomic E-state index is 0.0223. The van der Waals surface area contributed by atoms with Gasteiger partial charge in [0.2, 0.25) is 29.5 Å². The summed E-state index contributed by atoms with van der Waals surface area (Å²) in [6.07, 6.45) is 0.0246. The Morgan fingerprint density at radius 3 is 1.74 bits per heavy atom. The minimum atomic E-state index is -1.67. The Morgan fingerprint density at radius 2 is 1.24 bits per heavy atom. The zero-order valence-electron chi connectivity index (χ0n) is 25.2. The molecule has 0 aliphatic heterocycles. The van der Waals surface area contributed by atoms with E-state index in [0.717, 1.165) is 0 Å². The number of rotatable bonds is 20. The molecule has 0 aliphatic rings. The third-order valence-electron chi connectivity index (χ3n) is 6.46. The average Bonchev–Trinajstić information content (AvgIpc) is 3.02. The molecule has 0 fully saturated rings. The summed E-state index contributed by atoms with van der Waals surface area (Å²) in [5.74, 6) is -6.23. The minimum Gasteiger partial charge on any atom is -0.508 e. The molecule has 0 bridgehead atoms. The summed E-state index contributed by atoms with van der Waals surface area (Å²) in [5, 5.41) is 68.4. The third kappa shape index (κ3) is 13.2. The maximum Gasteiger partial charge on any atom is 0.328 e. The number of benzene rings is 1. The number of carboxylic acids is 1. The molecule has 18 nitrogen and oxygen atoms in total. The number of carbonyl (C=O) groups excluding carboxylic acids is 5. The quantitative estimate of drug-likeness (QED) is 0.0616. The number of aromatic hydroxyl groups is 1. The number of phenolic OH excluding ortho intramolecular Hbond substituents is 1. The van der Waals surface area contributed by atoms with E-state index in [1.165, 1.54) is 43.0 Å². The number of nitrogens with two attached hydrogens (primary N) is 1. The number of carbonyl (C=O) groups is 6. The number of thioether (sulfide) groups is 1. The van der Waals surface area contributed by atoms with Crippen molar-refractivity contribution in [1.29, 1.82) is 0 Å². The van der Waals surface area contributed by atoms with E-state index >= 15 is 0 Å². The monoisotopic (exact) mass is 674 g/mol. The topological polar surface area (TPSA) is 310 Å². The van der Waals surface area contributed by atoms with Crippen molar-refractivity contribution in [3.05, 3.63) is 29.8 Å². The van der Waals surface area contributed by atoms with E-state index in [4.69, 9.17) is 15.9 Å². The molecule has 0 aromatic heterocycles. The number of hydrogen-bond donors (Lipinski definition) is 12. The van der Waals surface area contributed by atoms with Gasteiger partial charge in [-0.2, -0.15) is 11.8 Å². The fourth-order valence-corrected chi connectivity index (χ4v) is 4.26. The van der Waals surface area contributed by atoms with Crippen LogP contribution in [-0.4, -0.2) is 140 Å². The predicted molar refractivity (Wildman–Crippen MR) is 163 cm³/mol. The van der Waals surface area contributed by atoms with Crippen molar-refractivity contribution >= 4 is 47.3 Å². The maximum absolute atomic E-state index is 13.4. The second-order valence-corrected chi connectivity index (χ2v) is 11.1. The molecular formula is C27H42N6O12S. The van der Waals surface area contributed by atoms with Crippen molar-refractivity contribution in [2.75, 3.05) is 31.8 Å². The number of aliphatic carboxylic acids is 1. The number of aliphatic hydroxyl groups excluding tert-OH is 4. The van der Waals surface area contributed by atoms with Crippen molar-refractivity contribution in [3.63, 3.8) is 0 Å². The number of nitrogens with one attached hydrogen (secondary N) is 5. The molecule has 0 unspecified atom stereocenters. The standard InChI is InChI=1S/C27H42N6O12S/c1-13(37)21(33-22(39)16(28)10-34)26(43)30-18(9-14-3-5-15(38)6-4-14)24(41)31-19(11-35)25(42)29-17(7-8-46-2)23(40)32-20(12-36)27(44)45/h3-6,13,16-21,34-38H,7-12,28H2,1-2H3,(H,29,42)(H,30,43)(H,31,41)(H,32,40)(H,33,39)(H,44,45)/t13-,16+,17+,18+,19+,20+,21+/m1/s1. The van der Waals surface area contributed by atoms with Gasteiger partial charge in [0, 0.05) is 6.42 Å². The van der Waals surface area contributed by atoms with E-state index in [1.54, 1.807) is 6.26 Å². The Bertz CT molecular complexity index is 1190. The van der Waals surface area contributed by atoms with Gasteiger partial charge in [0.05, 0.1) is 25.9 Å². The first kappa shape index (κ1) is 40.0. The van der Waals surface area contributed by atoms with Gasteiger partial charge in [-0.05, 0) is 43.0 Å². The number of phenols is 1. The molecule has 0 heterocycles. The SMILES string of the molecule is CSCC[C@H](NC(=O)[C@H](CO)NC(=O)[C@H](Cc1ccc(O)cc1)NC(=O)[C@@H](NC(=O)[C@@H](N)CO)[C@@H](C)O)C(=O)N[C@@H](CO)C(=O)O. The smallest absolute Gasteiger partial charge is 0.328 e. The molecule has 1 aromatic carbocycles. The van der Waals surface area contributed by atoms with Gasteiger partial charge in [-0.1, -0.05) is 12.1 Å². The van der Waals surface area contributed by atoms with Gasteiger partial charge in [-0.25, -0.2) is 4.79 Å². The lowest BCUT2D eigenvalue weighted by atomic mass is 10.0. The third-order valence-corrected chi connectivity index (χ3v) is 7.11. The molecule has 0 spiro atoms. The van der Waals surface area contributed by atoms with Crippen LogP contribution in [0.1, 0.15) is 18.9 Å². The van der Waals surface area contributed by atoms with Crippen LogP contribution in [0.5, 0.6) is 5.75 Å². The average molecular weight is 675 g/mol. The van der Waals surface area contributed by atoms with E-state index in [1.807, 2.05) is 0 Å². The van der Waals surface area contributed by atoms with Gasteiger partial charge in [0.15, 0.2) is 0 Å². The molecule has 0 saturated heterocycles. The fourth-order valence-electron chi connectivity index (χ4n) is 3.79. The number of aliphatic hydroxyl groups is 4. The summed E-state index contributed by atoms with van der Waals surface area (Å²) in [7, 11) is 0. The van der Waals surface area contributed by atoms with Crippen LogP contribution in [0.25, 0.3) is 0 Å². The van der Waals surface area contributed by atoms with Crippen LogP contribution in [0.3, 0.4) is 0 Å². The van der Waals surface area contributed by atoms with Crippen molar-refractivity contribution in [2.45, 2.75) is 62.1 Å². The predicted octanol–water partition coefficient (Wildman–Crippen LogP) is -5.12. The molecule has 1 rings (SSSR count). The molecule has 5 amide bonds. The number of carboxylic acid groups (broad SMARTS) is 1. The van der Waals surface area contributed by atoms with E-state index in [-0.39, 0.29) is 18.6 Å². The van der Waals surface area contributed by atoms with Crippen LogP contribution in [0.15, 0.2) is 24.3 Å². The van der Waals surface area contributed by atoms with Gasteiger partial charge in [0.25, 0.3) is 0 Å². The highest BCUT2D eigenvalue weighted by Gasteiger charge is 2.34. The van der Waals surface area contributed by atoms with Crippen LogP contribution in [0.4, 0.5) is 0 Å². The molecule has 0 radical (unpaired) electrons. The summed E-state index contributed by atoms with van der Waals surface area (Å²) < 4.78 is 0. The molecule has 13 N–H and O–H groups in total. The first-order valence-corrected chi connectivity index (χ1v) is 15.4. The molecule has 0 saturated carbocycles. The molecular weight excluding hydrogens is 632 g/mol. The van der Waals surface area contributed by atoms with Crippen molar-refractivity contribution < 1.29 is 59.4 Å². The molecule has 46 heavy (non-hydrogen) atoms. The summed E-state index contributed by atoms with van der Waals surface area (Å²) in [6, 6.07) is -3.63. The lowest BCUT2D eigenvalue weighted by molar-refractivity contribution is -0.143. The Balaban J connectivity index is 3.22. The van der Waals surface area contributed by atoms with Gasteiger partial charge >= 0.3 is 5.97 Å². The van der Waals surface area contributed by atoms with Crippen molar-refractivity contribution in [2.24, 2.45) is 5.73 Å². The lowest BCUT2D eigenvalue weighted by Crippen LogP contribution is -2.61. The Morgan fingerprint density at radius 1 is 0.739 bits per heavy atom. The Hall–Kier alpha value is -4.01. The molecule has 7 atom stereocenters. The highest BCUT2D eigenvalue weighted by Crippen LogP contribution is 2.12. The van der Waals surface area contributed by atoms with Gasteiger partial charge in [-0.3, -0.25) is 24.0 Å². The first-order chi connectivity index (χ1) is 21.7. The van der Waals surface area contributed by atoms with Crippen LogP contribution >= 0.6 is 11.8 Å². The van der Waals surface area contributed by atoms with Gasteiger partial charge in [0.1, 0.15) is 42.0 Å². The fraction of sp³-hybridized carbons (Fsp3) is 0.556. The summed E-state index contributed by atoms with van der Waals surface area (Å²) >= 11 is 1.32. The van der Waals surface area contributed by atoms with Crippen LogP contribution in [0.2, 0.25) is 0 Å². The molecule has 1 aromatic rings. The second kappa shape index (κ2) is 20.2. The largest absolute Gasteiger partial charge is 0.508 e. The number of amides is 5. The molecule has 19 heteroatoms. The maximum atomic E-state index is 13.4. The summed E-state index contributed by atoms with van der Waals surface area (Å²) in [6.45, 7) is -1.45. The van der Waals surface area contributed by atoms with E-state index in [2.05, 4.69) is 26.6 Å². The highest BCUT2D eigenvalue weighted by atomic mass is 32.2. The van der Waals surface area contributed by atoms with Gasteiger partial charge < -0.3 is 63.0 Å². The van der Waals surface area contributed by atoms with Crippen LogP contribution in [-0.2, 0) is 35.2 Å².